The maximum absolute atomic E-state index is 12.2. The van der Waals surface area contributed by atoms with E-state index >= 15 is 0 Å². The third-order valence-electron chi connectivity index (χ3n) is 3.57. The van der Waals surface area contributed by atoms with Gasteiger partial charge < -0.3 is 15.7 Å². The average Bonchev–Trinajstić information content (AvgIpc) is 2.56. The molecular weight excluding hydrogens is 340 g/mol. The first-order valence-electron chi connectivity index (χ1n) is 7.87. The van der Waals surface area contributed by atoms with Crippen LogP contribution in [-0.4, -0.2) is 29.1 Å². The lowest BCUT2D eigenvalue weighted by molar-refractivity contribution is -0.122. The zero-order chi connectivity index (χ0) is 18.4. The van der Waals surface area contributed by atoms with Crippen LogP contribution in [0.1, 0.15) is 29.8 Å². The Morgan fingerprint density at radius 2 is 1.72 bits per heavy atom. The number of amides is 2. The summed E-state index contributed by atoms with van der Waals surface area (Å²) >= 11 is 6.01. The van der Waals surface area contributed by atoms with Gasteiger partial charge in [-0.3, -0.25) is 9.59 Å². The topological polar surface area (TPSA) is 78.4 Å². The third-order valence-corrected chi connectivity index (χ3v) is 3.90. The van der Waals surface area contributed by atoms with Gasteiger partial charge in [-0.1, -0.05) is 35.9 Å². The number of rotatable bonds is 6. The Hall–Kier alpha value is -2.37. The highest BCUT2D eigenvalue weighted by Crippen LogP contribution is 2.17. The third kappa shape index (κ3) is 5.59. The van der Waals surface area contributed by atoms with Gasteiger partial charge in [0, 0.05) is 5.69 Å². The molecule has 2 rings (SSSR count). The van der Waals surface area contributed by atoms with Gasteiger partial charge in [0.15, 0.2) is 0 Å². The summed E-state index contributed by atoms with van der Waals surface area (Å²) in [5.41, 5.74) is 1.17. The molecule has 0 saturated carbocycles. The zero-order valence-corrected chi connectivity index (χ0v) is 14.9. The van der Waals surface area contributed by atoms with E-state index in [0.717, 1.165) is 5.56 Å². The molecule has 0 saturated heterocycles. The molecule has 0 heterocycles. The number of aliphatic hydroxyl groups excluding tert-OH is 1. The van der Waals surface area contributed by atoms with Crippen LogP contribution in [0.2, 0.25) is 5.02 Å². The number of carbonyl (C=O) groups is 2. The molecule has 0 unspecified atom stereocenters. The van der Waals surface area contributed by atoms with E-state index in [4.69, 9.17) is 11.6 Å². The minimum Gasteiger partial charge on any atom is -0.394 e. The molecule has 0 atom stereocenters. The Labute approximate surface area is 152 Å². The van der Waals surface area contributed by atoms with Gasteiger partial charge in [-0.2, -0.15) is 0 Å². The maximum atomic E-state index is 12.2. The number of aliphatic hydroxyl groups is 1. The number of benzene rings is 2. The van der Waals surface area contributed by atoms with Gasteiger partial charge in [-0.15, -0.1) is 0 Å². The fourth-order valence-electron chi connectivity index (χ4n) is 2.20. The van der Waals surface area contributed by atoms with Crippen LogP contribution in [0.15, 0.2) is 48.5 Å². The highest BCUT2D eigenvalue weighted by Gasteiger charge is 2.19. The number of halogens is 1. The smallest absolute Gasteiger partial charge is 0.257 e. The minimum absolute atomic E-state index is 0.133. The van der Waals surface area contributed by atoms with E-state index in [2.05, 4.69) is 10.6 Å². The van der Waals surface area contributed by atoms with Crippen molar-refractivity contribution >= 4 is 29.1 Å². The lowest BCUT2D eigenvalue weighted by atomic mass is 10.1. The summed E-state index contributed by atoms with van der Waals surface area (Å²) in [7, 11) is 0. The van der Waals surface area contributed by atoms with Gasteiger partial charge in [0.2, 0.25) is 5.91 Å². The number of anilines is 1. The molecule has 25 heavy (non-hydrogen) atoms. The quantitative estimate of drug-likeness (QED) is 0.741. The van der Waals surface area contributed by atoms with Crippen molar-refractivity contribution < 1.29 is 14.7 Å². The van der Waals surface area contributed by atoms with Gasteiger partial charge in [0.05, 0.1) is 29.2 Å². The fourth-order valence-corrected chi connectivity index (χ4v) is 2.42. The fraction of sp³-hybridized carbons (Fsp3) is 0.263. The normalized spacial score (nSPS) is 11.0. The van der Waals surface area contributed by atoms with Crippen molar-refractivity contribution in [3.8, 4) is 0 Å². The van der Waals surface area contributed by atoms with Crippen molar-refractivity contribution in [3.63, 3.8) is 0 Å². The van der Waals surface area contributed by atoms with Gasteiger partial charge in [0.25, 0.3) is 5.91 Å². The Morgan fingerprint density at radius 1 is 1.08 bits per heavy atom. The van der Waals surface area contributed by atoms with Gasteiger partial charge in [0.1, 0.15) is 0 Å². The Morgan fingerprint density at radius 3 is 2.32 bits per heavy atom. The standard InChI is InChI=1S/C19H21ClN2O3/c1-19(2,12-23)22-17(24)11-13-7-9-14(10-8-13)21-18(25)15-5-3-4-6-16(15)20/h3-10,23H,11-12H2,1-2H3,(H,21,25)(H,22,24). The second-order valence-corrected chi connectivity index (χ2v) is 6.81. The van der Waals surface area contributed by atoms with Crippen molar-refractivity contribution in [2.75, 3.05) is 11.9 Å². The van der Waals surface area contributed by atoms with Gasteiger partial charge in [-0.25, -0.2) is 0 Å². The highest BCUT2D eigenvalue weighted by atomic mass is 35.5. The van der Waals surface area contributed by atoms with E-state index in [-0.39, 0.29) is 24.8 Å². The molecule has 0 radical (unpaired) electrons. The summed E-state index contributed by atoms with van der Waals surface area (Å²) in [6, 6.07) is 13.8. The van der Waals surface area contributed by atoms with Crippen LogP contribution >= 0.6 is 11.6 Å². The number of carbonyl (C=O) groups excluding carboxylic acids is 2. The first kappa shape index (κ1) is 19.0. The monoisotopic (exact) mass is 360 g/mol. The first-order valence-corrected chi connectivity index (χ1v) is 8.25. The van der Waals surface area contributed by atoms with Crippen LogP contribution < -0.4 is 10.6 Å². The Balaban J connectivity index is 1.97. The van der Waals surface area contributed by atoms with Crippen molar-refractivity contribution in [1.82, 2.24) is 5.32 Å². The van der Waals surface area contributed by atoms with E-state index in [1.54, 1.807) is 62.4 Å². The molecule has 0 aliphatic carbocycles. The van der Waals surface area contributed by atoms with E-state index in [1.807, 2.05) is 0 Å². The molecule has 0 aliphatic heterocycles. The lowest BCUT2D eigenvalue weighted by Gasteiger charge is -2.23. The van der Waals surface area contributed by atoms with E-state index in [9.17, 15) is 14.7 Å². The largest absolute Gasteiger partial charge is 0.394 e. The summed E-state index contributed by atoms with van der Waals surface area (Å²) in [6.45, 7) is 3.36. The maximum Gasteiger partial charge on any atom is 0.257 e. The van der Waals surface area contributed by atoms with E-state index < -0.39 is 5.54 Å². The highest BCUT2D eigenvalue weighted by molar-refractivity contribution is 6.34. The summed E-state index contributed by atoms with van der Waals surface area (Å²) in [5, 5.41) is 15.1. The number of hydrogen-bond donors (Lipinski definition) is 3. The molecule has 132 valence electrons. The van der Waals surface area contributed by atoms with Crippen LogP contribution in [-0.2, 0) is 11.2 Å². The minimum atomic E-state index is -0.653. The van der Waals surface area contributed by atoms with Crippen LogP contribution in [0.5, 0.6) is 0 Å². The predicted octanol–water partition coefficient (Wildman–Crippen LogP) is 3.02. The van der Waals surface area contributed by atoms with Crippen LogP contribution in [0, 0.1) is 0 Å². The predicted molar refractivity (Wildman–Crippen MR) is 98.9 cm³/mol. The molecule has 0 spiro atoms. The summed E-state index contributed by atoms with van der Waals surface area (Å²) in [6.07, 6.45) is 0.197. The molecule has 2 aromatic rings. The van der Waals surface area contributed by atoms with Crippen molar-refractivity contribution in [2.24, 2.45) is 0 Å². The lowest BCUT2D eigenvalue weighted by Crippen LogP contribution is -2.46. The summed E-state index contributed by atoms with van der Waals surface area (Å²) in [5.74, 6) is -0.465. The van der Waals surface area contributed by atoms with E-state index in [1.165, 1.54) is 0 Å². The second-order valence-electron chi connectivity index (χ2n) is 6.40. The molecule has 0 aromatic heterocycles. The van der Waals surface area contributed by atoms with Gasteiger partial charge >= 0.3 is 0 Å². The molecule has 0 bridgehead atoms. The molecule has 3 N–H and O–H groups in total. The SMILES string of the molecule is CC(C)(CO)NC(=O)Cc1ccc(NC(=O)c2ccccc2Cl)cc1. The van der Waals surface area contributed by atoms with Crippen molar-refractivity contribution in [2.45, 2.75) is 25.8 Å². The molecule has 0 aliphatic rings. The molecule has 0 fully saturated rings. The van der Waals surface area contributed by atoms with Crippen LogP contribution in [0.3, 0.4) is 0 Å². The van der Waals surface area contributed by atoms with Crippen molar-refractivity contribution in [1.29, 1.82) is 0 Å². The number of nitrogens with one attached hydrogen (secondary N) is 2. The number of hydrogen-bond acceptors (Lipinski definition) is 3. The van der Waals surface area contributed by atoms with Crippen molar-refractivity contribution in [3.05, 3.63) is 64.7 Å². The van der Waals surface area contributed by atoms with E-state index in [0.29, 0.717) is 16.3 Å². The Kier molecular flexibility index (Phi) is 6.17. The van der Waals surface area contributed by atoms with Crippen LogP contribution in [0.25, 0.3) is 0 Å². The van der Waals surface area contributed by atoms with Crippen LogP contribution in [0.4, 0.5) is 5.69 Å². The molecule has 2 amide bonds. The molecule has 5 nitrogen and oxygen atoms in total. The first-order chi connectivity index (χ1) is 11.8. The van der Waals surface area contributed by atoms with Gasteiger partial charge in [-0.05, 0) is 43.7 Å². The summed E-state index contributed by atoms with van der Waals surface area (Å²) in [4.78, 5) is 24.2. The zero-order valence-electron chi connectivity index (χ0n) is 14.2. The second kappa shape index (κ2) is 8.14. The average molecular weight is 361 g/mol. The molecular formula is C19H21ClN2O3. The molecule has 6 heteroatoms. The summed E-state index contributed by atoms with van der Waals surface area (Å²) < 4.78 is 0. The Bertz CT molecular complexity index is 758. The molecule has 2 aromatic carbocycles.